The van der Waals surface area contributed by atoms with Crippen molar-refractivity contribution >= 4 is 35.3 Å². The van der Waals surface area contributed by atoms with Crippen LogP contribution < -0.4 is 10.2 Å². The molecule has 0 heterocycles. The lowest BCUT2D eigenvalue weighted by molar-refractivity contribution is -0.121. The number of amides is 1. The zero-order valence-corrected chi connectivity index (χ0v) is 14.5. The Morgan fingerprint density at radius 2 is 2.00 bits per heavy atom. The van der Waals surface area contributed by atoms with Gasteiger partial charge in [-0.05, 0) is 18.6 Å². The molecular formula is C16H22Cl2N2O2. The third kappa shape index (κ3) is 6.67. The van der Waals surface area contributed by atoms with Crippen molar-refractivity contribution < 1.29 is 9.53 Å². The van der Waals surface area contributed by atoms with Crippen LogP contribution >= 0.6 is 23.2 Å². The number of methoxy groups -OCH3 is 1. The van der Waals surface area contributed by atoms with Crippen molar-refractivity contribution in [1.29, 1.82) is 0 Å². The molecule has 4 nitrogen and oxygen atoms in total. The Morgan fingerprint density at radius 3 is 2.68 bits per heavy atom. The van der Waals surface area contributed by atoms with Crippen LogP contribution in [-0.2, 0) is 4.79 Å². The Labute approximate surface area is 141 Å². The summed E-state index contributed by atoms with van der Waals surface area (Å²) in [6.45, 7) is 2.16. The zero-order valence-electron chi connectivity index (χ0n) is 13.0. The van der Waals surface area contributed by atoms with Crippen molar-refractivity contribution in [3.05, 3.63) is 27.7 Å². The SMILES string of the molecule is CCCCCCCC(=O)N/N=C/c1cc(Cl)cc(Cl)c1OC. The highest BCUT2D eigenvalue weighted by Gasteiger charge is 2.08. The molecule has 1 aromatic carbocycles. The third-order valence-electron chi connectivity index (χ3n) is 3.14. The molecule has 1 aromatic rings. The van der Waals surface area contributed by atoms with Crippen LogP contribution in [-0.4, -0.2) is 19.2 Å². The first-order valence-electron chi connectivity index (χ1n) is 7.43. The molecule has 0 radical (unpaired) electrons. The molecule has 0 aliphatic carbocycles. The summed E-state index contributed by atoms with van der Waals surface area (Å²) < 4.78 is 5.20. The summed E-state index contributed by atoms with van der Waals surface area (Å²) >= 11 is 12.0. The first kappa shape index (κ1) is 18.8. The number of carbonyl (C=O) groups excluding carboxylic acids is 1. The van der Waals surface area contributed by atoms with Gasteiger partial charge < -0.3 is 4.74 Å². The van der Waals surface area contributed by atoms with E-state index in [-0.39, 0.29) is 5.91 Å². The molecule has 0 saturated carbocycles. The van der Waals surface area contributed by atoms with E-state index in [1.807, 2.05) is 0 Å². The highest BCUT2D eigenvalue weighted by molar-refractivity contribution is 6.36. The first-order valence-corrected chi connectivity index (χ1v) is 8.19. The van der Waals surface area contributed by atoms with E-state index in [0.717, 1.165) is 12.8 Å². The van der Waals surface area contributed by atoms with E-state index in [0.29, 0.717) is 27.8 Å². The van der Waals surface area contributed by atoms with E-state index in [4.69, 9.17) is 27.9 Å². The number of rotatable bonds is 9. The average Bonchev–Trinajstić information content (AvgIpc) is 2.46. The maximum absolute atomic E-state index is 11.6. The van der Waals surface area contributed by atoms with Gasteiger partial charge in [0.05, 0.1) is 18.3 Å². The number of hydrogen-bond acceptors (Lipinski definition) is 3. The summed E-state index contributed by atoms with van der Waals surface area (Å²) in [5.41, 5.74) is 3.12. The molecule has 0 aliphatic heterocycles. The van der Waals surface area contributed by atoms with E-state index >= 15 is 0 Å². The van der Waals surface area contributed by atoms with Gasteiger partial charge in [-0.1, -0.05) is 55.8 Å². The highest BCUT2D eigenvalue weighted by atomic mass is 35.5. The van der Waals surface area contributed by atoms with Gasteiger partial charge in [-0.2, -0.15) is 5.10 Å². The maximum Gasteiger partial charge on any atom is 0.240 e. The number of unbranched alkanes of at least 4 members (excludes halogenated alkanes) is 4. The minimum absolute atomic E-state index is 0.0974. The molecule has 0 spiro atoms. The smallest absolute Gasteiger partial charge is 0.240 e. The molecule has 0 bridgehead atoms. The summed E-state index contributed by atoms with van der Waals surface area (Å²) in [6, 6.07) is 3.26. The fraction of sp³-hybridized carbons (Fsp3) is 0.500. The van der Waals surface area contributed by atoms with E-state index in [1.165, 1.54) is 32.6 Å². The fourth-order valence-corrected chi connectivity index (χ4v) is 2.60. The summed E-state index contributed by atoms with van der Waals surface area (Å²) in [7, 11) is 1.52. The van der Waals surface area contributed by atoms with Crippen LogP contribution in [0.5, 0.6) is 5.75 Å². The zero-order chi connectivity index (χ0) is 16.4. The Balaban J connectivity index is 2.47. The Morgan fingerprint density at radius 1 is 1.27 bits per heavy atom. The second-order valence-electron chi connectivity index (χ2n) is 4.97. The van der Waals surface area contributed by atoms with Gasteiger partial charge >= 0.3 is 0 Å². The summed E-state index contributed by atoms with van der Waals surface area (Å²) in [5, 5.41) is 4.81. The molecule has 1 rings (SSSR count). The monoisotopic (exact) mass is 344 g/mol. The van der Waals surface area contributed by atoms with Crippen LogP contribution in [0.15, 0.2) is 17.2 Å². The normalized spacial score (nSPS) is 10.9. The van der Waals surface area contributed by atoms with Crippen molar-refractivity contribution in [2.24, 2.45) is 5.10 Å². The van der Waals surface area contributed by atoms with E-state index in [1.54, 1.807) is 12.1 Å². The number of nitrogens with zero attached hydrogens (tertiary/aromatic N) is 1. The molecule has 1 N–H and O–H groups in total. The van der Waals surface area contributed by atoms with Crippen LogP contribution in [0.4, 0.5) is 0 Å². The Bertz CT molecular complexity index is 519. The predicted octanol–water partition coefficient (Wildman–Crippen LogP) is 4.81. The van der Waals surface area contributed by atoms with Gasteiger partial charge in [0.15, 0.2) is 0 Å². The molecule has 0 saturated heterocycles. The summed E-state index contributed by atoms with van der Waals surface area (Å²) in [4.78, 5) is 11.6. The number of ether oxygens (including phenoxy) is 1. The van der Waals surface area contributed by atoms with Crippen molar-refractivity contribution in [3.63, 3.8) is 0 Å². The molecule has 0 aromatic heterocycles. The lowest BCUT2D eigenvalue weighted by Crippen LogP contribution is -2.17. The molecule has 0 unspecified atom stereocenters. The van der Waals surface area contributed by atoms with Gasteiger partial charge in [0.25, 0.3) is 0 Å². The minimum Gasteiger partial charge on any atom is -0.495 e. The number of nitrogens with one attached hydrogen (secondary N) is 1. The largest absolute Gasteiger partial charge is 0.495 e. The van der Waals surface area contributed by atoms with Crippen molar-refractivity contribution in [1.82, 2.24) is 5.43 Å². The molecule has 122 valence electrons. The van der Waals surface area contributed by atoms with Crippen molar-refractivity contribution in [3.8, 4) is 5.75 Å². The van der Waals surface area contributed by atoms with Crippen LogP contribution in [0, 0.1) is 0 Å². The number of benzene rings is 1. The van der Waals surface area contributed by atoms with Gasteiger partial charge in [0.1, 0.15) is 5.75 Å². The fourth-order valence-electron chi connectivity index (χ4n) is 2.01. The Kier molecular flexibility index (Phi) is 8.94. The molecular weight excluding hydrogens is 323 g/mol. The number of hydrogen-bond donors (Lipinski definition) is 1. The van der Waals surface area contributed by atoms with E-state index in [2.05, 4.69) is 17.5 Å². The molecule has 0 fully saturated rings. The van der Waals surface area contributed by atoms with Gasteiger partial charge in [0, 0.05) is 17.0 Å². The highest BCUT2D eigenvalue weighted by Crippen LogP contribution is 2.30. The number of hydrazone groups is 1. The maximum atomic E-state index is 11.6. The summed E-state index contributed by atoms with van der Waals surface area (Å²) in [6.07, 6.45) is 7.50. The second-order valence-corrected chi connectivity index (χ2v) is 5.81. The third-order valence-corrected chi connectivity index (χ3v) is 3.64. The molecule has 22 heavy (non-hydrogen) atoms. The van der Waals surface area contributed by atoms with Gasteiger partial charge in [-0.3, -0.25) is 4.79 Å². The molecule has 0 atom stereocenters. The lowest BCUT2D eigenvalue weighted by atomic mass is 10.1. The van der Waals surface area contributed by atoms with Crippen molar-refractivity contribution in [2.45, 2.75) is 45.4 Å². The molecule has 6 heteroatoms. The van der Waals surface area contributed by atoms with Gasteiger partial charge in [-0.25, -0.2) is 5.43 Å². The number of halogens is 2. The quantitative estimate of drug-likeness (QED) is 0.397. The summed E-state index contributed by atoms with van der Waals surface area (Å²) in [5.74, 6) is 0.378. The van der Waals surface area contributed by atoms with E-state index < -0.39 is 0 Å². The lowest BCUT2D eigenvalue weighted by Gasteiger charge is -2.07. The average molecular weight is 345 g/mol. The van der Waals surface area contributed by atoms with Crippen molar-refractivity contribution in [2.75, 3.05) is 7.11 Å². The molecule has 1 amide bonds. The van der Waals surface area contributed by atoms with Gasteiger partial charge in [-0.15, -0.1) is 0 Å². The van der Waals surface area contributed by atoms with Crippen LogP contribution in [0.25, 0.3) is 0 Å². The van der Waals surface area contributed by atoms with Crippen LogP contribution in [0.3, 0.4) is 0 Å². The van der Waals surface area contributed by atoms with Crippen LogP contribution in [0.2, 0.25) is 10.0 Å². The van der Waals surface area contributed by atoms with Gasteiger partial charge in [0.2, 0.25) is 5.91 Å². The molecule has 0 aliphatic rings. The predicted molar refractivity (Wildman–Crippen MR) is 92.1 cm³/mol. The standard InChI is InChI=1S/C16H22Cl2N2O2/c1-3-4-5-6-7-8-15(21)20-19-11-12-9-13(17)10-14(18)16(12)22-2/h9-11H,3-8H2,1-2H3,(H,20,21)/b19-11+. The topological polar surface area (TPSA) is 50.7 Å². The van der Waals surface area contributed by atoms with Crippen LogP contribution in [0.1, 0.15) is 51.0 Å². The minimum atomic E-state index is -0.0974. The first-order chi connectivity index (χ1) is 10.6. The second kappa shape index (κ2) is 10.5. The van der Waals surface area contributed by atoms with E-state index in [9.17, 15) is 4.79 Å². The number of carbonyl (C=O) groups is 1. The Hall–Kier alpha value is -1.26.